The van der Waals surface area contributed by atoms with Gasteiger partial charge in [0.2, 0.25) is 0 Å². The van der Waals surface area contributed by atoms with Gasteiger partial charge in [0.25, 0.3) is 0 Å². The molecule has 0 radical (unpaired) electrons. The molecule has 1 aliphatic heterocycles. The van der Waals surface area contributed by atoms with E-state index in [1.54, 1.807) is 0 Å². The molecular formula is C13H19IN2. The monoisotopic (exact) mass is 330 g/mol. The van der Waals surface area contributed by atoms with Crippen molar-refractivity contribution < 1.29 is 0 Å². The Morgan fingerprint density at radius 3 is 2.81 bits per heavy atom. The molecule has 1 saturated heterocycles. The molecule has 1 aromatic carbocycles. The molecule has 0 bridgehead atoms. The molecule has 16 heavy (non-hydrogen) atoms. The van der Waals surface area contributed by atoms with Crippen LogP contribution in [0.15, 0.2) is 18.2 Å². The van der Waals surface area contributed by atoms with Crippen LogP contribution in [-0.2, 0) is 0 Å². The number of anilines is 2. The van der Waals surface area contributed by atoms with Gasteiger partial charge in [0.15, 0.2) is 0 Å². The second kappa shape index (κ2) is 4.82. The highest BCUT2D eigenvalue weighted by Crippen LogP contribution is 2.32. The molecule has 0 spiro atoms. The Kier molecular flexibility index (Phi) is 3.62. The van der Waals surface area contributed by atoms with Gasteiger partial charge in [-0.15, -0.1) is 0 Å². The largest absolute Gasteiger partial charge is 0.397 e. The van der Waals surface area contributed by atoms with Crippen molar-refractivity contribution in [2.45, 2.75) is 32.7 Å². The summed E-state index contributed by atoms with van der Waals surface area (Å²) in [5.74, 6) is 0.757. The van der Waals surface area contributed by atoms with Gasteiger partial charge in [0.05, 0.1) is 11.4 Å². The highest BCUT2D eigenvalue weighted by molar-refractivity contribution is 14.1. The van der Waals surface area contributed by atoms with Crippen molar-refractivity contribution in [3.05, 3.63) is 21.8 Å². The molecule has 0 aliphatic carbocycles. The van der Waals surface area contributed by atoms with Crippen molar-refractivity contribution >= 4 is 34.0 Å². The third-order valence-electron chi connectivity index (χ3n) is 3.67. The Bertz CT molecular complexity index is 378. The van der Waals surface area contributed by atoms with Crippen LogP contribution in [-0.4, -0.2) is 12.6 Å². The van der Waals surface area contributed by atoms with Gasteiger partial charge in [-0.3, -0.25) is 0 Å². The van der Waals surface area contributed by atoms with E-state index in [2.05, 4.69) is 59.5 Å². The first-order valence-corrected chi connectivity index (χ1v) is 6.99. The number of hydrogen-bond donors (Lipinski definition) is 1. The molecule has 88 valence electrons. The van der Waals surface area contributed by atoms with Crippen LogP contribution in [0, 0.1) is 9.49 Å². The van der Waals surface area contributed by atoms with E-state index in [9.17, 15) is 0 Å². The molecule has 2 unspecified atom stereocenters. The summed E-state index contributed by atoms with van der Waals surface area (Å²) in [6.45, 7) is 5.78. The maximum atomic E-state index is 6.11. The molecule has 3 heteroatoms. The van der Waals surface area contributed by atoms with Crippen molar-refractivity contribution in [2.75, 3.05) is 17.2 Å². The fourth-order valence-electron chi connectivity index (χ4n) is 2.46. The maximum Gasteiger partial charge on any atom is 0.0603 e. The minimum Gasteiger partial charge on any atom is -0.397 e. The molecule has 2 atom stereocenters. The van der Waals surface area contributed by atoms with Gasteiger partial charge < -0.3 is 10.6 Å². The lowest BCUT2D eigenvalue weighted by Gasteiger charge is -2.40. The fourth-order valence-corrected chi connectivity index (χ4v) is 2.98. The van der Waals surface area contributed by atoms with E-state index in [-0.39, 0.29) is 0 Å². The molecule has 0 amide bonds. The van der Waals surface area contributed by atoms with Gasteiger partial charge in [-0.1, -0.05) is 6.92 Å². The molecule has 1 aromatic rings. The smallest absolute Gasteiger partial charge is 0.0603 e. The molecule has 2 N–H and O–H groups in total. The highest BCUT2D eigenvalue weighted by atomic mass is 127. The number of nitrogens with zero attached hydrogens (tertiary/aromatic N) is 1. The zero-order valence-electron chi connectivity index (χ0n) is 9.91. The Morgan fingerprint density at radius 1 is 1.38 bits per heavy atom. The van der Waals surface area contributed by atoms with Crippen LogP contribution in [0.2, 0.25) is 0 Å². The normalized spacial score (nSPS) is 25.8. The first-order valence-electron chi connectivity index (χ1n) is 5.91. The predicted octanol–water partition coefficient (Wildman–Crippen LogP) is 3.50. The van der Waals surface area contributed by atoms with Crippen molar-refractivity contribution in [3.63, 3.8) is 0 Å². The van der Waals surface area contributed by atoms with Crippen LogP contribution in [0.4, 0.5) is 11.4 Å². The third kappa shape index (κ3) is 2.29. The Balaban J connectivity index is 2.29. The lowest BCUT2D eigenvalue weighted by molar-refractivity contribution is 0.364. The number of rotatable bonds is 1. The topological polar surface area (TPSA) is 29.3 Å². The van der Waals surface area contributed by atoms with E-state index in [4.69, 9.17) is 5.73 Å². The van der Waals surface area contributed by atoms with Gasteiger partial charge >= 0.3 is 0 Å². The van der Waals surface area contributed by atoms with E-state index in [0.29, 0.717) is 6.04 Å². The lowest BCUT2D eigenvalue weighted by atomic mass is 9.91. The van der Waals surface area contributed by atoms with Crippen LogP contribution >= 0.6 is 22.6 Å². The highest BCUT2D eigenvalue weighted by Gasteiger charge is 2.25. The van der Waals surface area contributed by atoms with Crippen molar-refractivity contribution in [1.29, 1.82) is 0 Å². The first-order chi connectivity index (χ1) is 7.59. The van der Waals surface area contributed by atoms with E-state index < -0.39 is 0 Å². The van der Waals surface area contributed by atoms with E-state index in [0.717, 1.165) is 18.2 Å². The van der Waals surface area contributed by atoms with E-state index in [1.807, 2.05) is 0 Å². The predicted molar refractivity (Wildman–Crippen MR) is 78.8 cm³/mol. The number of nitrogens with two attached hydrogens (primary N) is 1. The Morgan fingerprint density at radius 2 is 2.12 bits per heavy atom. The Hall–Kier alpha value is -0.450. The standard InChI is InChI=1S/C13H19IN2/c1-9-4-3-7-16(10(9)2)13-6-5-11(14)8-12(13)15/h5-6,8-10H,3-4,7,15H2,1-2H3. The number of halogens is 1. The number of nitrogen functional groups attached to an aromatic ring is 1. The third-order valence-corrected chi connectivity index (χ3v) is 4.34. The van der Waals surface area contributed by atoms with Crippen LogP contribution in [0.3, 0.4) is 0 Å². The first kappa shape index (κ1) is 12.0. The zero-order chi connectivity index (χ0) is 11.7. The fraction of sp³-hybridized carbons (Fsp3) is 0.538. The molecule has 1 fully saturated rings. The van der Waals surface area contributed by atoms with Crippen molar-refractivity contribution in [3.8, 4) is 0 Å². The van der Waals surface area contributed by atoms with Crippen LogP contribution in [0.5, 0.6) is 0 Å². The molecule has 1 heterocycles. The summed E-state index contributed by atoms with van der Waals surface area (Å²) in [6, 6.07) is 6.95. The maximum absolute atomic E-state index is 6.11. The molecule has 0 aromatic heterocycles. The Labute approximate surface area is 111 Å². The second-order valence-electron chi connectivity index (χ2n) is 4.76. The summed E-state index contributed by atoms with van der Waals surface area (Å²) < 4.78 is 1.21. The summed E-state index contributed by atoms with van der Waals surface area (Å²) in [5, 5.41) is 0. The average molecular weight is 330 g/mol. The average Bonchev–Trinajstić information content (AvgIpc) is 2.23. The summed E-state index contributed by atoms with van der Waals surface area (Å²) in [6.07, 6.45) is 2.61. The SMILES string of the molecule is CC1CCCN(c2ccc(I)cc2N)C1C. The van der Waals surface area contributed by atoms with E-state index in [1.165, 1.54) is 22.1 Å². The molecular weight excluding hydrogens is 311 g/mol. The molecule has 2 rings (SSSR count). The summed E-state index contributed by atoms with van der Waals surface area (Å²) in [4.78, 5) is 2.46. The molecule has 0 saturated carbocycles. The van der Waals surface area contributed by atoms with Crippen LogP contribution in [0.25, 0.3) is 0 Å². The minimum absolute atomic E-state index is 0.594. The van der Waals surface area contributed by atoms with Gasteiger partial charge in [0, 0.05) is 16.2 Å². The van der Waals surface area contributed by atoms with Crippen LogP contribution in [0.1, 0.15) is 26.7 Å². The van der Waals surface area contributed by atoms with Crippen molar-refractivity contribution in [2.24, 2.45) is 5.92 Å². The second-order valence-corrected chi connectivity index (χ2v) is 6.00. The summed E-state index contributed by atoms with van der Waals surface area (Å²) in [7, 11) is 0. The van der Waals surface area contributed by atoms with E-state index >= 15 is 0 Å². The molecule has 2 nitrogen and oxygen atoms in total. The van der Waals surface area contributed by atoms with Gasteiger partial charge in [-0.2, -0.15) is 0 Å². The summed E-state index contributed by atoms with van der Waals surface area (Å²) in [5.41, 5.74) is 8.23. The van der Waals surface area contributed by atoms with Crippen LogP contribution < -0.4 is 10.6 Å². The lowest BCUT2D eigenvalue weighted by Crippen LogP contribution is -2.42. The summed E-state index contributed by atoms with van der Waals surface area (Å²) >= 11 is 2.30. The van der Waals surface area contributed by atoms with Gasteiger partial charge in [-0.05, 0) is 66.5 Å². The van der Waals surface area contributed by atoms with Crippen molar-refractivity contribution in [1.82, 2.24) is 0 Å². The molecule has 1 aliphatic rings. The van der Waals surface area contributed by atoms with Gasteiger partial charge in [-0.25, -0.2) is 0 Å². The zero-order valence-corrected chi connectivity index (χ0v) is 12.1. The van der Waals surface area contributed by atoms with Gasteiger partial charge in [0.1, 0.15) is 0 Å². The number of hydrogen-bond acceptors (Lipinski definition) is 2. The quantitative estimate of drug-likeness (QED) is 0.631. The number of piperidine rings is 1. The number of benzene rings is 1. The minimum atomic E-state index is 0.594.